The fraction of sp³-hybridized carbons (Fsp3) is 0.974. The van der Waals surface area contributed by atoms with Gasteiger partial charge in [0, 0.05) is 13.5 Å². The SMILES string of the molecule is CC(=O)O[C@@H](C1C[C@@H](C)C2C(C[C@@]3(C)[C@@H]4CCC5C(C)(C)[C@@H](OC6CN(C(CO)CO)CCO6)CC[C@@]56C[C@@]46CC[C@]23C)O1)C(C)(C)O. The number of hydrogen-bond donors (Lipinski definition) is 3. The molecule has 7 aliphatic rings. The number of fused-ring (bicyclic) bond motifs is 4. The number of nitrogens with zero attached hydrogens (tertiary/aromatic N) is 1. The summed E-state index contributed by atoms with van der Waals surface area (Å²) >= 11 is 0. The van der Waals surface area contributed by atoms with Crippen molar-refractivity contribution in [3.8, 4) is 0 Å². The minimum absolute atomic E-state index is 0.0324. The van der Waals surface area contributed by atoms with Gasteiger partial charge in [0.15, 0.2) is 12.4 Å². The number of ether oxygens (including phenoxy) is 4. The summed E-state index contributed by atoms with van der Waals surface area (Å²) in [6.07, 6.45) is 9.45. The smallest absolute Gasteiger partial charge is 0.303 e. The molecule has 9 heteroatoms. The zero-order valence-corrected chi connectivity index (χ0v) is 31.0. The third-order valence-electron chi connectivity index (χ3n) is 16.3. The number of esters is 1. The number of carbonyl (C=O) groups is 1. The van der Waals surface area contributed by atoms with Crippen LogP contribution in [0.2, 0.25) is 0 Å². The lowest BCUT2D eigenvalue weighted by Crippen LogP contribution is -2.59. The average molecular weight is 676 g/mol. The van der Waals surface area contributed by atoms with Gasteiger partial charge in [0.25, 0.3) is 0 Å². The number of morpholine rings is 1. The van der Waals surface area contributed by atoms with Crippen LogP contribution in [-0.2, 0) is 23.7 Å². The van der Waals surface area contributed by atoms with Crippen LogP contribution in [0.4, 0.5) is 0 Å². The highest BCUT2D eigenvalue weighted by Gasteiger charge is 2.83. The van der Waals surface area contributed by atoms with Crippen LogP contribution in [0.3, 0.4) is 0 Å². The zero-order valence-electron chi connectivity index (χ0n) is 31.0. The van der Waals surface area contributed by atoms with Crippen molar-refractivity contribution in [2.24, 2.45) is 50.7 Å². The highest BCUT2D eigenvalue weighted by molar-refractivity contribution is 5.66. The molecule has 7 fully saturated rings. The molecule has 0 aromatic rings. The van der Waals surface area contributed by atoms with E-state index in [2.05, 4.69) is 39.5 Å². The van der Waals surface area contributed by atoms with Crippen LogP contribution in [0, 0.1) is 50.7 Å². The van der Waals surface area contributed by atoms with Gasteiger partial charge in [-0.25, -0.2) is 0 Å². The summed E-state index contributed by atoms with van der Waals surface area (Å²) in [6, 6.07) is -0.266. The van der Waals surface area contributed by atoms with Crippen molar-refractivity contribution in [3.63, 3.8) is 0 Å². The van der Waals surface area contributed by atoms with E-state index in [4.69, 9.17) is 18.9 Å². The van der Waals surface area contributed by atoms with Crippen molar-refractivity contribution in [1.29, 1.82) is 0 Å². The molecule has 7 rings (SSSR count). The summed E-state index contributed by atoms with van der Waals surface area (Å²) in [4.78, 5) is 14.2. The van der Waals surface area contributed by atoms with E-state index >= 15 is 0 Å². The third kappa shape index (κ3) is 5.05. The van der Waals surface area contributed by atoms with Crippen LogP contribution in [-0.4, -0.2) is 101 Å². The first-order valence-corrected chi connectivity index (χ1v) is 19.3. The van der Waals surface area contributed by atoms with E-state index in [1.807, 2.05) is 0 Å². The minimum atomic E-state index is -1.18. The number of hydrogen-bond acceptors (Lipinski definition) is 9. The zero-order chi connectivity index (χ0) is 34.7. The fourth-order valence-electron chi connectivity index (χ4n) is 14.1. The first-order chi connectivity index (χ1) is 22.5. The molecule has 0 aromatic heterocycles. The lowest BCUT2D eigenvalue weighted by atomic mass is 9.41. The van der Waals surface area contributed by atoms with Crippen LogP contribution < -0.4 is 0 Å². The van der Waals surface area contributed by atoms with Crippen LogP contribution in [0.5, 0.6) is 0 Å². The Bertz CT molecular complexity index is 1230. The van der Waals surface area contributed by atoms with Gasteiger partial charge in [0.1, 0.15) is 0 Å². The molecule has 3 N–H and O–H groups in total. The fourth-order valence-corrected chi connectivity index (χ4v) is 14.1. The highest BCUT2D eigenvalue weighted by atomic mass is 16.7. The highest BCUT2D eigenvalue weighted by Crippen LogP contribution is 2.89. The Morgan fingerprint density at radius 2 is 1.69 bits per heavy atom. The molecule has 2 saturated heterocycles. The summed E-state index contributed by atoms with van der Waals surface area (Å²) in [5.41, 5.74) is 0.00227. The second-order valence-corrected chi connectivity index (χ2v) is 19.1. The molecule has 2 aliphatic heterocycles. The van der Waals surface area contributed by atoms with Gasteiger partial charge in [-0.05, 0) is 122 Å². The van der Waals surface area contributed by atoms with Crippen LogP contribution in [0.1, 0.15) is 113 Å². The molecule has 0 radical (unpaired) electrons. The van der Waals surface area contributed by atoms with E-state index in [1.54, 1.807) is 13.8 Å². The molecule has 9 nitrogen and oxygen atoms in total. The summed E-state index contributed by atoms with van der Waals surface area (Å²) < 4.78 is 25.7. The lowest BCUT2D eigenvalue weighted by molar-refractivity contribution is -0.251. The second-order valence-electron chi connectivity index (χ2n) is 19.1. The normalized spacial score (nSPS) is 48.8. The lowest BCUT2D eigenvalue weighted by Gasteiger charge is -2.63. The van der Waals surface area contributed by atoms with E-state index in [9.17, 15) is 20.1 Å². The predicted molar refractivity (Wildman–Crippen MR) is 181 cm³/mol. The van der Waals surface area contributed by atoms with Gasteiger partial charge in [-0.3, -0.25) is 9.69 Å². The minimum Gasteiger partial charge on any atom is -0.457 e. The molecular formula is C39H65NO8. The number of carbonyl (C=O) groups excluding carboxylic acids is 1. The number of aliphatic hydroxyl groups excluding tert-OH is 2. The van der Waals surface area contributed by atoms with Crippen molar-refractivity contribution < 1.29 is 39.1 Å². The Morgan fingerprint density at radius 3 is 2.35 bits per heavy atom. The standard InChI is InChI=1S/C39H65NO8/c1-23-17-26(33(35(5,6)44)46-24(2)43)47-27-18-37(8)29-10-9-28-34(3,4)30(48-31-19-40(15-16-45-31)25(20-41)21-42)11-12-38(28)22-39(29,38)14-13-36(37,7)32(23)27/h23,25-33,41-42,44H,9-22H2,1-8H3/t23-,26?,27?,28?,29+,30+,31?,32?,33+,36-,37+,38-,39+/m1/s1. The van der Waals surface area contributed by atoms with Gasteiger partial charge in [-0.15, -0.1) is 0 Å². The summed E-state index contributed by atoms with van der Waals surface area (Å²) in [5.74, 6) is 1.82. The van der Waals surface area contributed by atoms with Gasteiger partial charge in [-0.1, -0.05) is 34.6 Å². The first kappa shape index (κ1) is 35.6. The van der Waals surface area contributed by atoms with Crippen molar-refractivity contribution in [2.45, 2.75) is 156 Å². The van der Waals surface area contributed by atoms with E-state index in [-0.39, 0.29) is 66.1 Å². The van der Waals surface area contributed by atoms with Gasteiger partial charge in [0.05, 0.1) is 56.3 Å². The molecule has 0 aromatic carbocycles. The Hall–Kier alpha value is -0.810. The first-order valence-electron chi connectivity index (χ1n) is 19.3. The van der Waals surface area contributed by atoms with Crippen LogP contribution >= 0.6 is 0 Å². The third-order valence-corrected chi connectivity index (χ3v) is 16.3. The molecule has 2 spiro atoms. The Morgan fingerprint density at radius 1 is 1.00 bits per heavy atom. The van der Waals surface area contributed by atoms with Crippen molar-refractivity contribution in [2.75, 3.05) is 32.9 Å². The van der Waals surface area contributed by atoms with Crippen molar-refractivity contribution >= 4 is 5.97 Å². The quantitative estimate of drug-likeness (QED) is 0.308. The summed E-state index contributed by atoms with van der Waals surface area (Å²) in [5, 5.41) is 30.6. The summed E-state index contributed by atoms with van der Waals surface area (Å²) in [6.45, 7) is 19.1. The predicted octanol–water partition coefficient (Wildman–Crippen LogP) is 4.93. The molecule has 0 bridgehead atoms. The van der Waals surface area contributed by atoms with Gasteiger partial charge in [0.2, 0.25) is 0 Å². The largest absolute Gasteiger partial charge is 0.457 e. The molecule has 5 aliphatic carbocycles. The van der Waals surface area contributed by atoms with Gasteiger partial charge >= 0.3 is 5.97 Å². The molecule has 2 heterocycles. The number of rotatable bonds is 8. The van der Waals surface area contributed by atoms with E-state index in [0.29, 0.717) is 54.2 Å². The molecule has 13 atom stereocenters. The maximum atomic E-state index is 12.1. The molecular weight excluding hydrogens is 610 g/mol. The maximum absolute atomic E-state index is 12.1. The van der Waals surface area contributed by atoms with Gasteiger partial charge in [-0.2, -0.15) is 0 Å². The molecule has 5 saturated carbocycles. The van der Waals surface area contributed by atoms with Crippen molar-refractivity contribution in [1.82, 2.24) is 4.90 Å². The monoisotopic (exact) mass is 675 g/mol. The van der Waals surface area contributed by atoms with Gasteiger partial charge < -0.3 is 34.3 Å². The molecule has 0 amide bonds. The maximum Gasteiger partial charge on any atom is 0.303 e. The Balaban J connectivity index is 1.09. The average Bonchev–Trinajstić information content (AvgIpc) is 3.60. The summed E-state index contributed by atoms with van der Waals surface area (Å²) in [7, 11) is 0. The molecule has 5 unspecified atom stereocenters. The van der Waals surface area contributed by atoms with Crippen molar-refractivity contribution in [3.05, 3.63) is 0 Å². The second kappa shape index (κ2) is 11.9. The number of aliphatic hydroxyl groups is 3. The van der Waals surface area contributed by atoms with E-state index < -0.39 is 11.7 Å². The van der Waals surface area contributed by atoms with E-state index in [0.717, 1.165) is 19.3 Å². The molecule has 48 heavy (non-hydrogen) atoms. The van der Waals surface area contributed by atoms with Crippen LogP contribution in [0.15, 0.2) is 0 Å². The Kier molecular flexibility index (Phi) is 8.79. The molecule has 274 valence electrons. The topological polar surface area (TPSA) is 118 Å². The van der Waals surface area contributed by atoms with E-state index in [1.165, 1.54) is 45.4 Å². The van der Waals surface area contributed by atoms with Crippen LogP contribution in [0.25, 0.3) is 0 Å². The Labute approximate surface area is 288 Å².